The van der Waals surface area contributed by atoms with Crippen molar-refractivity contribution < 1.29 is 9.53 Å². The number of nitrogens with zero attached hydrogens (tertiary/aromatic N) is 1. The Kier molecular flexibility index (Phi) is 4.41. The average molecular weight is 315 g/mol. The zero-order valence-electron chi connectivity index (χ0n) is 14.1. The van der Waals surface area contributed by atoms with Gasteiger partial charge < -0.3 is 19.8 Å². The Labute approximate surface area is 137 Å². The monoisotopic (exact) mass is 315 g/mol. The third-order valence-electron chi connectivity index (χ3n) is 4.41. The number of carbonyl (C=O) groups excluding carboxylic acids is 1. The Morgan fingerprint density at radius 1 is 1.43 bits per heavy atom. The van der Waals surface area contributed by atoms with Gasteiger partial charge in [-0.15, -0.1) is 0 Å². The molecule has 1 aliphatic rings. The third kappa shape index (κ3) is 3.41. The first-order chi connectivity index (χ1) is 11.0. The van der Waals surface area contributed by atoms with Gasteiger partial charge >= 0.3 is 0 Å². The molecular formula is C18H25N3O2. The van der Waals surface area contributed by atoms with Crippen LogP contribution in [0.5, 0.6) is 0 Å². The topological polar surface area (TPSA) is 54.8 Å². The van der Waals surface area contributed by atoms with Crippen LogP contribution in [0.3, 0.4) is 0 Å². The summed E-state index contributed by atoms with van der Waals surface area (Å²) in [6.45, 7) is 8.44. The van der Waals surface area contributed by atoms with Crippen molar-refractivity contribution in [3.63, 3.8) is 0 Å². The summed E-state index contributed by atoms with van der Waals surface area (Å²) in [5.41, 5.74) is 3.03. The molecule has 0 saturated carbocycles. The number of amides is 1. The van der Waals surface area contributed by atoms with Crippen LogP contribution in [0.4, 0.5) is 0 Å². The SMILES string of the molecule is Cc1cccn2c(C(C)(C)NC(=O)C[C@@H]3CNCCO3)ccc12. The molecule has 1 saturated heterocycles. The number of ether oxygens (including phenoxy) is 1. The third-order valence-corrected chi connectivity index (χ3v) is 4.41. The van der Waals surface area contributed by atoms with E-state index in [4.69, 9.17) is 4.74 Å². The molecule has 3 heterocycles. The number of aryl methyl sites for hydroxylation is 1. The molecule has 1 aliphatic heterocycles. The van der Waals surface area contributed by atoms with Crippen LogP contribution in [-0.4, -0.2) is 36.1 Å². The molecule has 23 heavy (non-hydrogen) atoms. The number of morpholine rings is 1. The predicted octanol–water partition coefficient (Wildman–Crippen LogP) is 1.98. The van der Waals surface area contributed by atoms with Gasteiger partial charge in [0.1, 0.15) is 0 Å². The smallest absolute Gasteiger partial charge is 0.223 e. The van der Waals surface area contributed by atoms with E-state index in [1.165, 1.54) is 11.1 Å². The molecule has 0 bridgehead atoms. The highest BCUT2D eigenvalue weighted by atomic mass is 16.5. The van der Waals surface area contributed by atoms with Gasteiger partial charge in [-0.3, -0.25) is 4.79 Å². The van der Waals surface area contributed by atoms with E-state index in [9.17, 15) is 4.79 Å². The molecule has 1 amide bonds. The summed E-state index contributed by atoms with van der Waals surface area (Å²) in [6, 6.07) is 8.32. The van der Waals surface area contributed by atoms with Crippen molar-refractivity contribution in [1.82, 2.24) is 15.0 Å². The van der Waals surface area contributed by atoms with Gasteiger partial charge in [-0.1, -0.05) is 6.07 Å². The standard InChI is InChI=1S/C18H25N3O2/c1-13-5-4-9-21-15(13)6-7-16(21)18(2,3)20-17(22)11-14-12-19-8-10-23-14/h4-7,9,14,19H,8,10-12H2,1-3H3,(H,20,22)/t14-/m1/s1. The van der Waals surface area contributed by atoms with Crippen molar-refractivity contribution in [3.05, 3.63) is 41.7 Å². The number of hydrogen-bond acceptors (Lipinski definition) is 3. The fraction of sp³-hybridized carbons (Fsp3) is 0.500. The maximum absolute atomic E-state index is 12.4. The molecule has 2 aromatic heterocycles. The van der Waals surface area contributed by atoms with E-state index in [0.717, 1.165) is 18.8 Å². The Morgan fingerprint density at radius 2 is 2.26 bits per heavy atom. The Bertz CT molecular complexity index is 699. The summed E-state index contributed by atoms with van der Waals surface area (Å²) in [5, 5.41) is 6.40. The normalized spacial score (nSPS) is 19.0. The largest absolute Gasteiger partial charge is 0.375 e. The minimum Gasteiger partial charge on any atom is -0.375 e. The molecule has 5 heteroatoms. The number of hydrogen-bond donors (Lipinski definition) is 2. The lowest BCUT2D eigenvalue weighted by Gasteiger charge is -2.29. The van der Waals surface area contributed by atoms with E-state index in [1.54, 1.807) is 0 Å². The maximum atomic E-state index is 12.4. The fourth-order valence-electron chi connectivity index (χ4n) is 3.22. The molecule has 124 valence electrons. The molecule has 0 aromatic carbocycles. The Balaban J connectivity index is 1.74. The second-order valence-electron chi connectivity index (χ2n) is 6.74. The van der Waals surface area contributed by atoms with Gasteiger partial charge in [0.25, 0.3) is 0 Å². The van der Waals surface area contributed by atoms with Crippen molar-refractivity contribution in [1.29, 1.82) is 0 Å². The van der Waals surface area contributed by atoms with E-state index in [0.29, 0.717) is 13.0 Å². The van der Waals surface area contributed by atoms with Crippen LogP contribution in [0.2, 0.25) is 0 Å². The van der Waals surface area contributed by atoms with Crippen molar-refractivity contribution in [2.24, 2.45) is 0 Å². The lowest BCUT2D eigenvalue weighted by Crippen LogP contribution is -2.46. The van der Waals surface area contributed by atoms with Gasteiger partial charge in [-0.2, -0.15) is 0 Å². The Morgan fingerprint density at radius 3 is 3.00 bits per heavy atom. The highest BCUT2D eigenvalue weighted by Gasteiger charge is 2.27. The quantitative estimate of drug-likeness (QED) is 0.907. The first kappa shape index (κ1) is 16.0. The van der Waals surface area contributed by atoms with E-state index in [-0.39, 0.29) is 12.0 Å². The minimum atomic E-state index is -0.445. The first-order valence-corrected chi connectivity index (χ1v) is 8.18. The number of fused-ring (bicyclic) bond motifs is 1. The fourth-order valence-corrected chi connectivity index (χ4v) is 3.22. The van der Waals surface area contributed by atoms with Crippen LogP contribution in [-0.2, 0) is 15.1 Å². The van der Waals surface area contributed by atoms with Gasteiger partial charge in [-0.05, 0) is 44.5 Å². The van der Waals surface area contributed by atoms with E-state index in [1.807, 2.05) is 26.1 Å². The van der Waals surface area contributed by atoms with Crippen LogP contribution in [0.1, 0.15) is 31.5 Å². The summed E-state index contributed by atoms with van der Waals surface area (Å²) < 4.78 is 7.76. The van der Waals surface area contributed by atoms with Gasteiger partial charge in [0.05, 0.1) is 24.7 Å². The second-order valence-corrected chi connectivity index (χ2v) is 6.74. The Hall–Kier alpha value is -1.85. The molecule has 0 radical (unpaired) electrons. The van der Waals surface area contributed by atoms with Gasteiger partial charge in [0.2, 0.25) is 5.91 Å². The predicted molar refractivity (Wildman–Crippen MR) is 90.5 cm³/mol. The second kappa shape index (κ2) is 6.34. The van der Waals surface area contributed by atoms with Gasteiger partial charge in [0.15, 0.2) is 0 Å². The first-order valence-electron chi connectivity index (χ1n) is 8.18. The number of aromatic nitrogens is 1. The maximum Gasteiger partial charge on any atom is 0.223 e. The number of rotatable bonds is 4. The molecule has 1 fully saturated rings. The van der Waals surface area contributed by atoms with Crippen molar-refractivity contribution in [2.45, 2.75) is 38.8 Å². The van der Waals surface area contributed by atoms with E-state index in [2.05, 4.69) is 40.2 Å². The van der Waals surface area contributed by atoms with Gasteiger partial charge in [0, 0.05) is 30.5 Å². The van der Waals surface area contributed by atoms with Crippen LogP contribution < -0.4 is 10.6 Å². The zero-order valence-corrected chi connectivity index (χ0v) is 14.1. The van der Waals surface area contributed by atoms with Crippen molar-refractivity contribution >= 4 is 11.4 Å². The lowest BCUT2D eigenvalue weighted by molar-refractivity contribution is -0.126. The molecule has 2 N–H and O–H groups in total. The molecule has 2 aromatic rings. The molecule has 0 spiro atoms. The number of nitrogens with one attached hydrogen (secondary N) is 2. The molecule has 0 unspecified atom stereocenters. The van der Waals surface area contributed by atoms with Crippen molar-refractivity contribution in [2.75, 3.05) is 19.7 Å². The summed E-state index contributed by atoms with van der Waals surface area (Å²) in [4.78, 5) is 12.4. The van der Waals surface area contributed by atoms with Crippen molar-refractivity contribution in [3.8, 4) is 0 Å². The summed E-state index contributed by atoms with van der Waals surface area (Å²) in [6.07, 6.45) is 2.39. The summed E-state index contributed by atoms with van der Waals surface area (Å²) >= 11 is 0. The van der Waals surface area contributed by atoms with E-state index >= 15 is 0 Å². The molecular weight excluding hydrogens is 290 g/mol. The zero-order chi connectivity index (χ0) is 16.4. The van der Waals surface area contributed by atoms with Crippen LogP contribution >= 0.6 is 0 Å². The van der Waals surface area contributed by atoms with Crippen LogP contribution in [0.25, 0.3) is 5.52 Å². The number of pyridine rings is 1. The number of carbonyl (C=O) groups is 1. The molecule has 1 atom stereocenters. The molecule has 3 rings (SSSR count). The highest BCUT2D eigenvalue weighted by Crippen LogP contribution is 2.24. The minimum absolute atomic E-state index is 0.0197. The summed E-state index contributed by atoms with van der Waals surface area (Å²) in [7, 11) is 0. The van der Waals surface area contributed by atoms with Gasteiger partial charge in [-0.25, -0.2) is 0 Å². The molecule has 5 nitrogen and oxygen atoms in total. The molecule has 0 aliphatic carbocycles. The highest BCUT2D eigenvalue weighted by molar-refractivity contribution is 5.77. The average Bonchev–Trinajstić information content (AvgIpc) is 2.94. The lowest BCUT2D eigenvalue weighted by atomic mass is 10.00. The summed E-state index contributed by atoms with van der Waals surface area (Å²) in [5.74, 6) is 0.0197. The van der Waals surface area contributed by atoms with E-state index < -0.39 is 5.54 Å². The van der Waals surface area contributed by atoms with Crippen LogP contribution in [0.15, 0.2) is 30.5 Å². The van der Waals surface area contributed by atoms with Crippen LogP contribution in [0, 0.1) is 6.92 Å².